The van der Waals surface area contributed by atoms with Gasteiger partial charge in [-0.25, -0.2) is 4.98 Å². The highest BCUT2D eigenvalue weighted by atomic mass is 15.2. The van der Waals surface area contributed by atoms with Crippen molar-refractivity contribution in [3.8, 4) is 73.2 Å². The lowest BCUT2D eigenvalue weighted by Crippen LogP contribution is -2.25. The quantitative estimate of drug-likeness (QED) is 0.178. The van der Waals surface area contributed by atoms with Crippen molar-refractivity contribution >= 4 is 21.8 Å². The Morgan fingerprint density at radius 1 is 0.338 bits per heavy atom. The van der Waals surface area contributed by atoms with Crippen molar-refractivity contribution in [1.82, 2.24) is 19.5 Å². The van der Waals surface area contributed by atoms with E-state index >= 15 is 0 Å². The van der Waals surface area contributed by atoms with Gasteiger partial charge in [0.05, 0.1) is 16.4 Å². The topological polar surface area (TPSA) is 43.6 Å². The highest BCUT2D eigenvalue weighted by Gasteiger charge is 2.52. The van der Waals surface area contributed by atoms with Gasteiger partial charge in [0, 0.05) is 38.3 Å². The Kier molecular flexibility index (Phi) is 7.27. The van der Waals surface area contributed by atoms with Gasteiger partial charge in [-0.1, -0.05) is 204 Å². The summed E-state index contributed by atoms with van der Waals surface area (Å²) in [5.41, 5.74) is 23.9. The summed E-state index contributed by atoms with van der Waals surface area (Å²) in [5.74, 6) is 1.90. The van der Waals surface area contributed by atoms with Gasteiger partial charge in [0.15, 0.2) is 11.6 Å². The van der Waals surface area contributed by atoms with E-state index in [0.29, 0.717) is 17.6 Å². The van der Waals surface area contributed by atoms with Crippen molar-refractivity contribution in [2.75, 3.05) is 0 Å². The molecule has 4 heteroatoms. The molecule has 0 saturated carbocycles. The fourth-order valence-corrected chi connectivity index (χ4v) is 13.2. The van der Waals surface area contributed by atoms with Crippen molar-refractivity contribution in [2.24, 2.45) is 0 Å². The molecule has 320 valence electrons. The van der Waals surface area contributed by atoms with Crippen molar-refractivity contribution in [3.05, 3.63) is 239 Å². The van der Waals surface area contributed by atoms with Gasteiger partial charge >= 0.3 is 0 Å². The van der Waals surface area contributed by atoms with Gasteiger partial charge < -0.3 is 0 Å². The lowest BCUT2D eigenvalue weighted by Gasteiger charge is -2.30. The molecule has 4 nitrogen and oxygen atoms in total. The molecule has 0 bridgehead atoms. The first-order valence-corrected chi connectivity index (χ1v) is 23.9. The maximum absolute atomic E-state index is 5.61. The minimum Gasteiger partial charge on any atom is -0.277 e. The summed E-state index contributed by atoms with van der Waals surface area (Å²) in [6.07, 6.45) is 0. The van der Waals surface area contributed by atoms with E-state index in [2.05, 4.69) is 226 Å². The number of hydrogen-bond donors (Lipinski definition) is 0. The summed E-state index contributed by atoms with van der Waals surface area (Å²) in [7, 11) is 0. The Labute approximate surface area is 395 Å². The molecule has 0 saturated heterocycles. The van der Waals surface area contributed by atoms with Crippen molar-refractivity contribution < 1.29 is 0 Å². The van der Waals surface area contributed by atoms with Gasteiger partial charge in [-0.2, -0.15) is 9.97 Å². The summed E-state index contributed by atoms with van der Waals surface area (Å²) in [4.78, 5) is 16.7. The third-order valence-electron chi connectivity index (χ3n) is 16.3. The molecule has 1 spiro atoms. The SMILES string of the molecule is CC1(C)c2ccccc2-c2ccc(-c3nc(-c4ccc5c(c4)C(C)(C)c4ccccc4-5)nc(-n4c5ccccc5c5ccc6c(c54)-c4ccccc4C64c5ccccc5-c5ccccc54)n3)cc21. The van der Waals surface area contributed by atoms with E-state index in [-0.39, 0.29) is 10.8 Å². The molecule has 2 heterocycles. The lowest BCUT2D eigenvalue weighted by molar-refractivity contribution is 0.660. The molecule has 0 amide bonds. The molecule has 15 rings (SSSR count). The number of nitrogens with zero attached hydrogens (tertiary/aromatic N) is 4. The van der Waals surface area contributed by atoms with Crippen LogP contribution in [0.4, 0.5) is 0 Å². The molecular weight excluding hydrogens is 825 g/mol. The smallest absolute Gasteiger partial charge is 0.238 e. The van der Waals surface area contributed by atoms with E-state index in [9.17, 15) is 0 Å². The predicted octanol–water partition coefficient (Wildman–Crippen LogP) is 15.3. The fourth-order valence-electron chi connectivity index (χ4n) is 13.2. The van der Waals surface area contributed by atoms with Gasteiger partial charge in [0.1, 0.15) is 0 Å². The predicted molar refractivity (Wildman–Crippen MR) is 276 cm³/mol. The van der Waals surface area contributed by atoms with Crippen LogP contribution in [-0.4, -0.2) is 19.5 Å². The molecule has 0 unspecified atom stereocenters. The number of benzene rings is 9. The molecule has 0 fully saturated rings. The summed E-state index contributed by atoms with van der Waals surface area (Å²) in [5, 5.41) is 2.33. The number of fused-ring (bicyclic) bond motifs is 20. The monoisotopic (exact) mass is 868 g/mol. The Hall–Kier alpha value is -8.21. The van der Waals surface area contributed by atoms with Crippen molar-refractivity contribution in [2.45, 2.75) is 43.9 Å². The summed E-state index contributed by atoms with van der Waals surface area (Å²) >= 11 is 0. The van der Waals surface area contributed by atoms with Crippen LogP contribution in [0.5, 0.6) is 0 Å². The van der Waals surface area contributed by atoms with E-state index in [1.54, 1.807) is 0 Å². The largest absolute Gasteiger partial charge is 0.277 e. The molecule has 11 aromatic rings. The van der Waals surface area contributed by atoms with Crippen LogP contribution < -0.4 is 0 Å². The summed E-state index contributed by atoms with van der Waals surface area (Å²) < 4.78 is 2.35. The number of para-hydroxylation sites is 1. The van der Waals surface area contributed by atoms with E-state index < -0.39 is 5.41 Å². The second-order valence-corrected chi connectivity index (χ2v) is 20.3. The van der Waals surface area contributed by atoms with Crippen molar-refractivity contribution in [1.29, 1.82) is 0 Å². The van der Waals surface area contributed by atoms with Gasteiger partial charge in [0.25, 0.3) is 0 Å². The van der Waals surface area contributed by atoms with Gasteiger partial charge in [-0.05, 0) is 102 Å². The molecule has 0 radical (unpaired) electrons. The Morgan fingerprint density at radius 3 is 1.31 bits per heavy atom. The first-order valence-electron chi connectivity index (χ1n) is 23.9. The Balaban J connectivity index is 1.03. The molecular formula is C64H44N4. The minimum atomic E-state index is -0.492. The van der Waals surface area contributed by atoms with Gasteiger partial charge in [-0.15, -0.1) is 0 Å². The second-order valence-electron chi connectivity index (χ2n) is 20.3. The zero-order valence-corrected chi connectivity index (χ0v) is 38.3. The second kappa shape index (κ2) is 13.0. The van der Waals surface area contributed by atoms with Crippen LogP contribution in [0.2, 0.25) is 0 Å². The molecule has 0 atom stereocenters. The first kappa shape index (κ1) is 38.0. The maximum atomic E-state index is 5.61. The van der Waals surface area contributed by atoms with Crippen molar-refractivity contribution in [3.63, 3.8) is 0 Å². The molecule has 4 aliphatic rings. The minimum absolute atomic E-state index is 0.185. The average Bonchev–Trinajstić information content (AvgIpc) is 4.11. The zero-order valence-electron chi connectivity index (χ0n) is 38.3. The Bertz CT molecular complexity index is 3880. The van der Waals surface area contributed by atoms with Crippen LogP contribution in [0.25, 0.3) is 95.0 Å². The van der Waals surface area contributed by atoms with Crippen LogP contribution in [0.3, 0.4) is 0 Å². The Morgan fingerprint density at radius 2 is 0.765 bits per heavy atom. The van der Waals surface area contributed by atoms with Gasteiger partial charge in [-0.3, -0.25) is 4.57 Å². The van der Waals surface area contributed by atoms with E-state index in [0.717, 1.165) is 27.5 Å². The highest BCUT2D eigenvalue weighted by molar-refractivity contribution is 6.16. The average molecular weight is 869 g/mol. The molecule has 0 aliphatic heterocycles. The third kappa shape index (κ3) is 4.62. The lowest BCUT2D eigenvalue weighted by atomic mass is 9.70. The highest BCUT2D eigenvalue weighted by Crippen LogP contribution is 2.64. The van der Waals surface area contributed by atoms with E-state index in [1.165, 1.54) is 94.4 Å². The van der Waals surface area contributed by atoms with E-state index in [4.69, 9.17) is 15.0 Å². The number of hydrogen-bond acceptors (Lipinski definition) is 3. The van der Waals surface area contributed by atoms with E-state index in [1.807, 2.05) is 0 Å². The van der Waals surface area contributed by atoms with Gasteiger partial charge in [0.2, 0.25) is 5.95 Å². The van der Waals surface area contributed by atoms with Crippen LogP contribution in [0, 0.1) is 0 Å². The number of rotatable bonds is 3. The standard InChI is InChI=1S/C64H44N4/c1-62(2)48-23-11-5-17-39(48)43-31-29-37(35-54(43)62)59-65-60(38-30-32-44-40-18-6-12-24-49(40)63(3,4)55(44)36-38)67-61(66-59)68-56-28-16-10-21-45(56)46-33-34-53-57(58(46)68)47-22-9-15-27-52(47)64(53)50-25-13-7-19-41(50)42-20-8-14-26-51(42)64/h5-36H,1-4H3. The van der Waals surface area contributed by atoms with Crippen LogP contribution >= 0.6 is 0 Å². The zero-order chi connectivity index (χ0) is 45.3. The fraction of sp³-hybridized carbons (Fsp3) is 0.109. The number of aromatic nitrogens is 4. The molecule has 0 N–H and O–H groups in total. The first-order chi connectivity index (χ1) is 33.2. The maximum Gasteiger partial charge on any atom is 0.238 e. The molecule has 2 aromatic heterocycles. The molecule has 9 aromatic carbocycles. The third-order valence-corrected chi connectivity index (χ3v) is 16.3. The summed E-state index contributed by atoms with van der Waals surface area (Å²) in [6.45, 7) is 9.34. The normalized spacial score (nSPS) is 15.4. The van der Waals surface area contributed by atoms with Crippen LogP contribution in [0.1, 0.15) is 72.2 Å². The molecule has 68 heavy (non-hydrogen) atoms. The van der Waals surface area contributed by atoms with Crippen LogP contribution in [-0.2, 0) is 16.2 Å². The summed E-state index contributed by atoms with van der Waals surface area (Å²) in [6, 6.07) is 71.9. The van der Waals surface area contributed by atoms with Crippen LogP contribution in [0.15, 0.2) is 194 Å². The molecule has 4 aliphatic carbocycles.